The summed E-state index contributed by atoms with van der Waals surface area (Å²) < 4.78 is 7.30. The highest BCUT2D eigenvalue weighted by Gasteiger charge is 2.22. The minimum atomic E-state index is -0.552. The average Bonchev–Trinajstić information content (AvgIpc) is 3.16. The number of benzene rings is 2. The summed E-state index contributed by atoms with van der Waals surface area (Å²) >= 11 is 0. The van der Waals surface area contributed by atoms with Gasteiger partial charge in [0.2, 0.25) is 0 Å². The van der Waals surface area contributed by atoms with Crippen LogP contribution in [0.15, 0.2) is 60.8 Å². The first-order chi connectivity index (χ1) is 11.9. The number of nitrogens with zero attached hydrogens (tertiary/aromatic N) is 1. The van der Waals surface area contributed by atoms with Crippen LogP contribution in [-0.2, 0) is 4.74 Å². The summed E-state index contributed by atoms with van der Waals surface area (Å²) in [7, 11) is 0. The molecule has 0 amide bonds. The molecule has 126 valence electrons. The number of nitrogens with one attached hydrogen (secondary N) is 1. The fourth-order valence-electron chi connectivity index (χ4n) is 3.08. The van der Waals surface area contributed by atoms with E-state index in [1.54, 1.807) is 4.57 Å². The monoisotopic (exact) mass is 332 g/mol. The molecular formula is C21H20N2O2. The number of carbonyl (C=O) groups is 1. The molecule has 25 heavy (non-hydrogen) atoms. The molecule has 0 radical (unpaired) electrons. The molecule has 0 saturated carbocycles. The van der Waals surface area contributed by atoms with Gasteiger partial charge >= 0.3 is 6.09 Å². The van der Waals surface area contributed by atoms with Crippen molar-refractivity contribution in [2.45, 2.75) is 26.4 Å². The van der Waals surface area contributed by atoms with Crippen molar-refractivity contribution in [3.8, 4) is 11.3 Å². The average molecular weight is 332 g/mol. The van der Waals surface area contributed by atoms with Crippen LogP contribution in [0.1, 0.15) is 20.8 Å². The van der Waals surface area contributed by atoms with E-state index >= 15 is 0 Å². The molecule has 0 bridgehead atoms. The first kappa shape index (κ1) is 15.5. The van der Waals surface area contributed by atoms with E-state index in [1.807, 2.05) is 69.4 Å². The van der Waals surface area contributed by atoms with E-state index in [-0.39, 0.29) is 6.09 Å². The van der Waals surface area contributed by atoms with E-state index in [2.05, 4.69) is 17.1 Å². The Bertz CT molecular complexity index is 1080. The molecule has 2 heterocycles. The lowest BCUT2D eigenvalue weighted by Crippen LogP contribution is -2.27. The van der Waals surface area contributed by atoms with Crippen LogP contribution in [0.25, 0.3) is 33.1 Å². The number of fused-ring (bicyclic) bond motifs is 2. The van der Waals surface area contributed by atoms with Gasteiger partial charge in [0.05, 0.1) is 11.2 Å². The SMILES string of the molecule is CC(C)(C)OC(=O)n1c(-c2ccc3cc[nH]c3c2)cc2ccccc21. The largest absolute Gasteiger partial charge is 0.443 e. The lowest BCUT2D eigenvalue weighted by molar-refractivity contribution is 0.0547. The van der Waals surface area contributed by atoms with E-state index in [0.29, 0.717) is 0 Å². The van der Waals surface area contributed by atoms with Gasteiger partial charge in [-0.1, -0.05) is 30.3 Å². The summed E-state index contributed by atoms with van der Waals surface area (Å²) in [5.41, 5.74) is 3.13. The third kappa shape index (κ3) is 2.80. The summed E-state index contributed by atoms with van der Waals surface area (Å²) in [5.74, 6) is 0. The molecule has 0 aliphatic rings. The molecule has 4 aromatic rings. The number of H-pyrrole nitrogens is 1. The Morgan fingerprint density at radius 1 is 1.00 bits per heavy atom. The number of para-hydroxylation sites is 1. The quantitative estimate of drug-likeness (QED) is 0.495. The van der Waals surface area contributed by atoms with Crippen molar-refractivity contribution in [3.63, 3.8) is 0 Å². The third-order valence-corrected chi connectivity index (χ3v) is 4.14. The van der Waals surface area contributed by atoms with Gasteiger partial charge in [-0.3, -0.25) is 0 Å². The molecular weight excluding hydrogens is 312 g/mol. The van der Waals surface area contributed by atoms with Crippen LogP contribution in [0.3, 0.4) is 0 Å². The zero-order chi connectivity index (χ0) is 17.6. The van der Waals surface area contributed by atoms with Crippen LogP contribution in [0.5, 0.6) is 0 Å². The molecule has 0 aliphatic carbocycles. The number of hydrogen-bond acceptors (Lipinski definition) is 2. The van der Waals surface area contributed by atoms with E-state index in [9.17, 15) is 4.79 Å². The van der Waals surface area contributed by atoms with E-state index in [4.69, 9.17) is 4.74 Å². The molecule has 4 heteroatoms. The summed E-state index contributed by atoms with van der Waals surface area (Å²) in [6, 6.07) is 18.1. The highest BCUT2D eigenvalue weighted by Crippen LogP contribution is 2.31. The summed E-state index contributed by atoms with van der Waals surface area (Å²) in [4.78, 5) is 16.1. The molecule has 0 spiro atoms. The highest BCUT2D eigenvalue weighted by atomic mass is 16.6. The maximum absolute atomic E-state index is 12.9. The number of hydrogen-bond donors (Lipinski definition) is 1. The Morgan fingerprint density at radius 2 is 1.80 bits per heavy atom. The van der Waals surface area contributed by atoms with Gasteiger partial charge in [-0.05, 0) is 50.4 Å². The number of rotatable bonds is 1. The number of aromatic amines is 1. The van der Waals surface area contributed by atoms with E-state index in [1.165, 1.54) is 0 Å². The topological polar surface area (TPSA) is 47.0 Å². The van der Waals surface area contributed by atoms with Gasteiger partial charge in [0, 0.05) is 22.7 Å². The smallest absolute Gasteiger partial charge is 0.419 e. The van der Waals surface area contributed by atoms with Crippen molar-refractivity contribution in [3.05, 3.63) is 60.8 Å². The zero-order valence-corrected chi connectivity index (χ0v) is 14.5. The number of carbonyl (C=O) groups excluding carboxylic acids is 1. The molecule has 2 aromatic heterocycles. The van der Waals surface area contributed by atoms with Crippen LogP contribution in [0.4, 0.5) is 4.79 Å². The standard InChI is InChI=1S/C21H20N2O2/c1-21(2,3)25-20(24)23-18-7-5-4-6-15(18)13-19(23)16-9-8-14-10-11-22-17(14)12-16/h4-13,22H,1-3H3. The fourth-order valence-corrected chi connectivity index (χ4v) is 3.08. The van der Waals surface area contributed by atoms with Crippen LogP contribution in [-0.4, -0.2) is 21.2 Å². The van der Waals surface area contributed by atoms with Gasteiger partial charge in [-0.2, -0.15) is 0 Å². The second kappa shape index (κ2) is 5.52. The second-order valence-electron chi connectivity index (χ2n) is 7.18. The van der Waals surface area contributed by atoms with Crippen LogP contribution >= 0.6 is 0 Å². The highest BCUT2D eigenvalue weighted by molar-refractivity contribution is 5.97. The normalized spacial score (nSPS) is 12.0. The van der Waals surface area contributed by atoms with Crippen molar-refractivity contribution in [2.24, 2.45) is 0 Å². The number of aromatic nitrogens is 2. The maximum atomic E-state index is 12.9. The minimum Gasteiger partial charge on any atom is -0.443 e. The van der Waals surface area contributed by atoms with Crippen LogP contribution in [0, 0.1) is 0 Å². The minimum absolute atomic E-state index is 0.365. The molecule has 0 unspecified atom stereocenters. The van der Waals surface area contributed by atoms with Gasteiger partial charge in [0.15, 0.2) is 0 Å². The first-order valence-corrected chi connectivity index (χ1v) is 8.34. The number of ether oxygens (including phenoxy) is 1. The zero-order valence-electron chi connectivity index (χ0n) is 14.5. The summed E-state index contributed by atoms with van der Waals surface area (Å²) in [6.45, 7) is 5.63. The molecule has 0 atom stereocenters. The molecule has 2 aromatic carbocycles. The molecule has 4 nitrogen and oxygen atoms in total. The van der Waals surface area contributed by atoms with E-state index in [0.717, 1.165) is 33.1 Å². The Hall–Kier alpha value is -3.01. The molecule has 0 aliphatic heterocycles. The molecule has 1 N–H and O–H groups in total. The van der Waals surface area contributed by atoms with Gasteiger partial charge < -0.3 is 9.72 Å². The predicted octanol–water partition coefficient (Wildman–Crippen LogP) is 5.57. The Balaban J connectivity index is 1.93. The lowest BCUT2D eigenvalue weighted by Gasteiger charge is -2.21. The molecule has 0 fully saturated rings. The first-order valence-electron chi connectivity index (χ1n) is 8.34. The second-order valence-corrected chi connectivity index (χ2v) is 7.18. The van der Waals surface area contributed by atoms with Crippen LogP contribution in [0.2, 0.25) is 0 Å². The molecule has 0 saturated heterocycles. The van der Waals surface area contributed by atoms with Crippen molar-refractivity contribution < 1.29 is 9.53 Å². The Kier molecular flexibility index (Phi) is 3.42. The summed E-state index contributed by atoms with van der Waals surface area (Å²) in [5, 5.41) is 2.15. The fraction of sp³-hybridized carbons (Fsp3) is 0.190. The predicted molar refractivity (Wildman–Crippen MR) is 101 cm³/mol. The van der Waals surface area contributed by atoms with Gasteiger partial charge in [-0.25, -0.2) is 9.36 Å². The Labute approximate surface area is 146 Å². The third-order valence-electron chi connectivity index (χ3n) is 4.14. The van der Waals surface area contributed by atoms with Crippen molar-refractivity contribution in [2.75, 3.05) is 0 Å². The lowest BCUT2D eigenvalue weighted by atomic mass is 10.1. The Morgan fingerprint density at radius 3 is 2.60 bits per heavy atom. The van der Waals surface area contributed by atoms with Crippen molar-refractivity contribution >= 4 is 27.9 Å². The van der Waals surface area contributed by atoms with Gasteiger partial charge in [0.1, 0.15) is 5.60 Å². The maximum Gasteiger partial charge on any atom is 0.419 e. The van der Waals surface area contributed by atoms with E-state index < -0.39 is 5.60 Å². The van der Waals surface area contributed by atoms with Gasteiger partial charge in [-0.15, -0.1) is 0 Å². The van der Waals surface area contributed by atoms with Crippen molar-refractivity contribution in [1.29, 1.82) is 0 Å². The van der Waals surface area contributed by atoms with Crippen LogP contribution < -0.4 is 0 Å². The summed E-state index contributed by atoms with van der Waals surface area (Å²) in [6.07, 6.45) is 1.55. The molecule has 4 rings (SSSR count). The van der Waals surface area contributed by atoms with Crippen molar-refractivity contribution in [1.82, 2.24) is 9.55 Å². The van der Waals surface area contributed by atoms with Gasteiger partial charge in [0.25, 0.3) is 0 Å².